The van der Waals surface area contributed by atoms with E-state index in [1.54, 1.807) is 30.2 Å². The lowest BCUT2D eigenvalue weighted by Gasteiger charge is -2.18. The first-order chi connectivity index (χ1) is 9.52. The minimum Gasteiger partial charge on any atom is -0.349 e. The smallest absolute Gasteiger partial charge is 0.332 e. The number of aryl methyl sites for hydroxylation is 1. The van der Waals surface area contributed by atoms with Gasteiger partial charge in [-0.2, -0.15) is 4.98 Å². The first-order valence-corrected chi connectivity index (χ1v) is 6.64. The molecule has 0 atom stereocenters. The topological polar surface area (TPSA) is 110 Å². The summed E-state index contributed by atoms with van der Waals surface area (Å²) in [4.78, 5) is 21.5. The third-order valence-electron chi connectivity index (χ3n) is 2.69. The number of nitro groups is 1. The van der Waals surface area contributed by atoms with Gasteiger partial charge in [-0.05, 0) is 18.4 Å². The molecular weight excluding hydrogens is 280 g/mol. The highest BCUT2D eigenvalue weighted by Crippen LogP contribution is 2.30. The molecule has 2 rings (SSSR count). The molecule has 0 aliphatic carbocycles. The summed E-state index contributed by atoms with van der Waals surface area (Å²) in [5.41, 5.74) is 2.48. The number of thiophene rings is 1. The van der Waals surface area contributed by atoms with E-state index >= 15 is 0 Å². The molecule has 0 aromatic carbocycles. The number of rotatable bonds is 5. The molecule has 20 heavy (non-hydrogen) atoms. The molecule has 0 radical (unpaired) electrons. The lowest BCUT2D eigenvalue weighted by Crippen LogP contribution is -2.21. The van der Waals surface area contributed by atoms with Gasteiger partial charge >= 0.3 is 5.69 Å². The SMILES string of the molecule is Cc1nc(NN)nc(N(C)Cc2cccs2)c1[N+](=O)[O-]. The van der Waals surface area contributed by atoms with Gasteiger partial charge in [-0.3, -0.25) is 15.5 Å². The summed E-state index contributed by atoms with van der Waals surface area (Å²) in [7, 11) is 1.74. The summed E-state index contributed by atoms with van der Waals surface area (Å²) in [5.74, 6) is 5.68. The standard InChI is InChI=1S/C11H14N6O2S/c1-7-9(17(18)19)10(14-11(13-7)15-12)16(2)6-8-4-3-5-20-8/h3-5H,6,12H2,1-2H3,(H,13,14,15). The summed E-state index contributed by atoms with van der Waals surface area (Å²) in [6.45, 7) is 2.09. The van der Waals surface area contributed by atoms with E-state index in [0.29, 0.717) is 6.54 Å². The van der Waals surface area contributed by atoms with Crippen LogP contribution in [-0.4, -0.2) is 21.9 Å². The summed E-state index contributed by atoms with van der Waals surface area (Å²) in [6, 6.07) is 3.89. The first-order valence-electron chi connectivity index (χ1n) is 5.76. The van der Waals surface area contributed by atoms with Crippen LogP contribution in [-0.2, 0) is 6.54 Å². The van der Waals surface area contributed by atoms with Crippen molar-refractivity contribution in [1.82, 2.24) is 9.97 Å². The number of nitrogen functional groups attached to an aromatic ring is 1. The van der Waals surface area contributed by atoms with Gasteiger partial charge in [0, 0.05) is 11.9 Å². The van der Waals surface area contributed by atoms with Crippen molar-refractivity contribution in [3.05, 3.63) is 38.2 Å². The average molecular weight is 294 g/mol. The molecule has 0 saturated heterocycles. The molecule has 0 unspecified atom stereocenters. The molecule has 9 heteroatoms. The monoisotopic (exact) mass is 294 g/mol. The Morgan fingerprint density at radius 3 is 2.85 bits per heavy atom. The second kappa shape index (κ2) is 5.80. The maximum atomic E-state index is 11.2. The average Bonchev–Trinajstić information content (AvgIpc) is 2.89. The molecule has 0 aliphatic heterocycles. The lowest BCUT2D eigenvalue weighted by molar-refractivity contribution is -0.385. The van der Waals surface area contributed by atoms with Gasteiger partial charge in [0.15, 0.2) is 0 Å². The summed E-state index contributed by atoms with van der Waals surface area (Å²) in [5, 5.41) is 13.2. The summed E-state index contributed by atoms with van der Waals surface area (Å²) in [6.07, 6.45) is 0. The number of anilines is 2. The molecule has 2 aromatic heterocycles. The molecule has 0 bridgehead atoms. The predicted molar refractivity (Wildman–Crippen MR) is 77.7 cm³/mol. The first kappa shape index (κ1) is 14.2. The van der Waals surface area contributed by atoms with E-state index in [4.69, 9.17) is 5.84 Å². The fraction of sp³-hybridized carbons (Fsp3) is 0.273. The van der Waals surface area contributed by atoms with Gasteiger partial charge in [0.2, 0.25) is 11.8 Å². The zero-order valence-corrected chi connectivity index (χ0v) is 11.8. The number of hydrogen-bond acceptors (Lipinski definition) is 8. The van der Waals surface area contributed by atoms with Crippen molar-refractivity contribution in [3.63, 3.8) is 0 Å². The number of nitrogens with zero attached hydrogens (tertiary/aromatic N) is 4. The van der Waals surface area contributed by atoms with Crippen molar-refractivity contribution in [2.24, 2.45) is 5.84 Å². The Labute approximate surface area is 119 Å². The summed E-state index contributed by atoms with van der Waals surface area (Å²) < 4.78 is 0. The van der Waals surface area contributed by atoms with Crippen LogP contribution in [0.3, 0.4) is 0 Å². The van der Waals surface area contributed by atoms with Crippen LogP contribution in [0.1, 0.15) is 10.6 Å². The van der Waals surface area contributed by atoms with Gasteiger partial charge in [0.05, 0.1) is 11.5 Å². The fourth-order valence-electron chi connectivity index (χ4n) is 1.81. The van der Waals surface area contributed by atoms with Gasteiger partial charge in [0.25, 0.3) is 0 Å². The van der Waals surface area contributed by atoms with E-state index in [9.17, 15) is 10.1 Å². The molecule has 0 saturated carbocycles. The van der Waals surface area contributed by atoms with Crippen LogP contribution in [0.4, 0.5) is 17.5 Å². The van der Waals surface area contributed by atoms with Crippen LogP contribution in [0, 0.1) is 17.0 Å². The van der Waals surface area contributed by atoms with E-state index in [1.165, 1.54) is 0 Å². The number of nitrogens with one attached hydrogen (secondary N) is 1. The highest BCUT2D eigenvalue weighted by atomic mass is 32.1. The van der Waals surface area contributed by atoms with E-state index < -0.39 is 4.92 Å². The van der Waals surface area contributed by atoms with E-state index in [1.807, 2.05) is 17.5 Å². The molecule has 0 aliphatic rings. The Balaban J connectivity index is 2.42. The third kappa shape index (κ3) is 2.83. The Morgan fingerprint density at radius 2 is 2.30 bits per heavy atom. The minimum absolute atomic E-state index is 0.108. The Bertz CT molecular complexity index is 616. The Morgan fingerprint density at radius 1 is 1.55 bits per heavy atom. The van der Waals surface area contributed by atoms with Gasteiger partial charge in [-0.25, -0.2) is 10.8 Å². The number of aromatic nitrogens is 2. The molecule has 106 valence electrons. The number of nitrogens with two attached hydrogens (primary N) is 1. The van der Waals surface area contributed by atoms with Gasteiger partial charge in [-0.1, -0.05) is 6.07 Å². The highest BCUT2D eigenvalue weighted by Gasteiger charge is 2.24. The van der Waals surface area contributed by atoms with E-state index in [-0.39, 0.29) is 23.1 Å². The van der Waals surface area contributed by atoms with Crippen molar-refractivity contribution >= 4 is 28.8 Å². The van der Waals surface area contributed by atoms with Crippen LogP contribution >= 0.6 is 11.3 Å². The van der Waals surface area contributed by atoms with Crippen LogP contribution in [0.5, 0.6) is 0 Å². The second-order valence-electron chi connectivity index (χ2n) is 4.14. The Hall–Kier alpha value is -2.26. The lowest BCUT2D eigenvalue weighted by atomic mass is 10.3. The largest absolute Gasteiger partial charge is 0.349 e. The van der Waals surface area contributed by atoms with Crippen LogP contribution in [0.25, 0.3) is 0 Å². The van der Waals surface area contributed by atoms with Gasteiger partial charge in [0.1, 0.15) is 5.69 Å². The molecule has 8 nitrogen and oxygen atoms in total. The van der Waals surface area contributed by atoms with Crippen LogP contribution in [0.15, 0.2) is 17.5 Å². The quantitative estimate of drug-likeness (QED) is 0.490. The van der Waals surface area contributed by atoms with Crippen molar-refractivity contribution in [2.75, 3.05) is 17.4 Å². The van der Waals surface area contributed by atoms with Crippen molar-refractivity contribution < 1.29 is 4.92 Å². The normalized spacial score (nSPS) is 10.3. The second-order valence-corrected chi connectivity index (χ2v) is 5.17. The van der Waals surface area contributed by atoms with Crippen LogP contribution in [0.2, 0.25) is 0 Å². The maximum absolute atomic E-state index is 11.2. The molecular formula is C11H14N6O2S. The summed E-state index contributed by atoms with van der Waals surface area (Å²) >= 11 is 1.58. The number of hydrogen-bond donors (Lipinski definition) is 2. The van der Waals surface area contributed by atoms with Crippen molar-refractivity contribution in [1.29, 1.82) is 0 Å². The van der Waals surface area contributed by atoms with Crippen LogP contribution < -0.4 is 16.2 Å². The zero-order valence-electron chi connectivity index (χ0n) is 11.0. The molecule has 0 amide bonds. The van der Waals surface area contributed by atoms with Gasteiger partial charge < -0.3 is 4.90 Å². The van der Waals surface area contributed by atoms with Crippen molar-refractivity contribution in [2.45, 2.75) is 13.5 Å². The molecule has 2 heterocycles. The predicted octanol–water partition coefficient (Wildman–Crippen LogP) is 1.68. The highest BCUT2D eigenvalue weighted by molar-refractivity contribution is 7.09. The van der Waals surface area contributed by atoms with E-state index in [0.717, 1.165) is 4.88 Å². The Kier molecular flexibility index (Phi) is 4.11. The molecule has 2 aromatic rings. The minimum atomic E-state index is -0.476. The number of hydrazine groups is 1. The zero-order chi connectivity index (χ0) is 14.7. The van der Waals surface area contributed by atoms with Crippen molar-refractivity contribution in [3.8, 4) is 0 Å². The van der Waals surface area contributed by atoms with E-state index in [2.05, 4.69) is 15.4 Å². The third-order valence-corrected chi connectivity index (χ3v) is 3.55. The fourth-order valence-corrected chi connectivity index (χ4v) is 2.56. The molecule has 0 spiro atoms. The molecule has 3 N–H and O–H groups in total. The maximum Gasteiger partial charge on any atom is 0.332 e. The molecule has 0 fully saturated rings. The van der Waals surface area contributed by atoms with Gasteiger partial charge in [-0.15, -0.1) is 11.3 Å².